The summed E-state index contributed by atoms with van der Waals surface area (Å²) in [5, 5.41) is 0. The average Bonchev–Trinajstić information content (AvgIpc) is 2.44. The monoisotopic (exact) mass is 354 g/mol. The van der Waals surface area contributed by atoms with E-state index in [1.807, 2.05) is 0 Å². The zero-order valence-corrected chi connectivity index (χ0v) is 17.0. The van der Waals surface area contributed by atoms with Gasteiger partial charge in [-0.15, -0.1) is 0 Å². The van der Waals surface area contributed by atoms with Crippen LogP contribution in [0.3, 0.4) is 0 Å². The van der Waals surface area contributed by atoms with Crippen molar-refractivity contribution in [1.82, 2.24) is 0 Å². The molecule has 0 aromatic carbocycles. The van der Waals surface area contributed by atoms with Crippen molar-refractivity contribution in [2.24, 2.45) is 11.8 Å². The topological polar surface area (TPSA) is 18.5 Å². The Morgan fingerprint density at radius 1 is 0.857 bits per heavy atom. The summed E-state index contributed by atoms with van der Waals surface area (Å²) < 4.78 is 11.5. The molecule has 0 aromatic rings. The molecule has 0 aliphatic heterocycles. The predicted octanol–water partition coefficient (Wildman–Crippen LogP) is 6.61. The molecule has 0 amide bonds. The van der Waals surface area contributed by atoms with Gasteiger partial charge in [0.2, 0.25) is 5.69 Å². The van der Waals surface area contributed by atoms with Crippen molar-refractivity contribution in [3.63, 3.8) is 0 Å². The normalized spacial score (nSPS) is 17.4. The maximum Gasteiger partial charge on any atom is 0.244 e. The van der Waals surface area contributed by atoms with Crippen LogP contribution >= 0.6 is 17.9 Å². The lowest BCUT2D eigenvalue weighted by Gasteiger charge is -2.21. The molecule has 2 nitrogen and oxygen atoms in total. The number of hydrogen-bond donors (Lipinski definition) is 1. The van der Waals surface area contributed by atoms with Crippen LogP contribution < -0.4 is 0 Å². The molecule has 0 spiro atoms. The lowest BCUT2D eigenvalue weighted by Crippen LogP contribution is -2.07. The first-order valence-corrected chi connectivity index (χ1v) is 12.3. The summed E-state index contributed by atoms with van der Waals surface area (Å²) in [5.74, 6) is 1.08. The molecular weight excluding hydrogens is 319 g/mol. The number of thiol groups is 1. The van der Waals surface area contributed by atoms with Crippen LogP contribution in [0.4, 0.5) is 0 Å². The second kappa shape index (κ2) is 13.4. The average molecular weight is 355 g/mol. The molecule has 128 valence electrons. The third-order valence-corrected chi connectivity index (χ3v) is 5.92. The lowest BCUT2D eigenvalue weighted by atomic mass is 10.0. The summed E-state index contributed by atoms with van der Waals surface area (Å²) in [5.41, 5.74) is -2.35. The molecule has 0 heterocycles. The molecule has 0 rings (SSSR count). The van der Waals surface area contributed by atoms with Gasteiger partial charge in [0.15, 0.2) is 0 Å². The van der Waals surface area contributed by atoms with Crippen molar-refractivity contribution in [3.8, 4) is 0 Å². The summed E-state index contributed by atoms with van der Waals surface area (Å²) in [6.45, 7) is 10.2. The van der Waals surface area contributed by atoms with Gasteiger partial charge in [0.25, 0.3) is 0 Å². The minimum Gasteiger partial charge on any atom is -0.322 e. The predicted molar refractivity (Wildman–Crippen MR) is 102 cm³/mol. The highest BCUT2D eigenvalue weighted by Gasteiger charge is 2.16. The summed E-state index contributed by atoms with van der Waals surface area (Å²) in [7, 11) is 0. The van der Waals surface area contributed by atoms with Gasteiger partial charge in [0.05, 0.1) is 13.2 Å². The minimum atomic E-state index is -2.35. The molecule has 21 heavy (non-hydrogen) atoms. The van der Waals surface area contributed by atoms with Crippen LogP contribution in [0, 0.1) is 11.8 Å². The van der Waals surface area contributed by atoms with Crippen LogP contribution in [0.15, 0.2) is 0 Å². The van der Waals surface area contributed by atoms with Crippen LogP contribution in [0.25, 0.3) is 0 Å². The van der Waals surface area contributed by atoms with Crippen molar-refractivity contribution in [1.29, 1.82) is 0 Å². The zero-order valence-electron chi connectivity index (χ0n) is 14.3. The minimum absolute atomic E-state index is 0.539. The van der Waals surface area contributed by atoms with Crippen LogP contribution in [-0.4, -0.2) is 13.2 Å². The molecule has 0 bridgehead atoms. The highest BCUT2D eigenvalue weighted by atomic mass is 32.9. The SMILES string of the molecule is CCCCCC(C)COP(=S)(S)OCC(C)CCCCC. The lowest BCUT2D eigenvalue weighted by molar-refractivity contribution is 0.201. The fourth-order valence-electron chi connectivity index (χ4n) is 2.13. The molecule has 2 unspecified atom stereocenters. The Labute approximate surface area is 143 Å². The molecule has 0 N–H and O–H groups in total. The van der Waals surface area contributed by atoms with E-state index in [0.717, 1.165) is 0 Å². The van der Waals surface area contributed by atoms with Crippen molar-refractivity contribution in [3.05, 3.63) is 0 Å². The number of rotatable bonds is 14. The molecule has 0 aromatic heterocycles. The highest BCUT2D eigenvalue weighted by Crippen LogP contribution is 2.54. The maximum atomic E-state index is 5.77. The Bertz CT molecular complexity index is 263. The Balaban J connectivity index is 3.79. The molecule has 0 saturated heterocycles. The molecular formula is C16H35O2PS2. The Morgan fingerprint density at radius 2 is 1.24 bits per heavy atom. The van der Waals surface area contributed by atoms with E-state index >= 15 is 0 Å². The van der Waals surface area contributed by atoms with Gasteiger partial charge in [-0.2, -0.15) is 0 Å². The molecule has 0 saturated carbocycles. The van der Waals surface area contributed by atoms with Gasteiger partial charge in [-0.05, 0) is 36.5 Å². The molecule has 5 heteroatoms. The first kappa shape index (κ1) is 21.9. The van der Waals surface area contributed by atoms with Gasteiger partial charge in [0.1, 0.15) is 0 Å². The molecule has 0 fully saturated rings. The largest absolute Gasteiger partial charge is 0.322 e. The molecule has 0 radical (unpaired) electrons. The smallest absolute Gasteiger partial charge is 0.244 e. The standard InChI is InChI=1S/C16H35O2PS2/c1-5-7-9-11-15(3)13-17-19(20,21)18-14-16(4)12-10-8-6-2/h15-16H,5-14H2,1-4H3,(H,20,21). The summed E-state index contributed by atoms with van der Waals surface area (Å²) >= 11 is 9.82. The van der Waals surface area contributed by atoms with Crippen LogP contribution in [0.5, 0.6) is 0 Å². The number of hydrogen-bond acceptors (Lipinski definition) is 3. The van der Waals surface area contributed by atoms with Crippen molar-refractivity contribution in [2.75, 3.05) is 13.2 Å². The summed E-state index contributed by atoms with van der Waals surface area (Å²) in [6.07, 6.45) is 10.1. The van der Waals surface area contributed by atoms with Gasteiger partial charge >= 0.3 is 0 Å². The van der Waals surface area contributed by atoms with E-state index in [0.29, 0.717) is 25.0 Å². The fraction of sp³-hybridized carbons (Fsp3) is 1.00. The van der Waals surface area contributed by atoms with E-state index in [-0.39, 0.29) is 0 Å². The maximum absolute atomic E-state index is 5.77. The quantitative estimate of drug-likeness (QED) is 0.215. The zero-order chi connectivity index (χ0) is 16.1. The second-order valence-electron chi connectivity index (χ2n) is 6.26. The summed E-state index contributed by atoms with van der Waals surface area (Å²) in [6, 6.07) is 0. The van der Waals surface area contributed by atoms with E-state index < -0.39 is 5.69 Å². The fourth-order valence-corrected chi connectivity index (χ4v) is 3.86. The van der Waals surface area contributed by atoms with Gasteiger partial charge in [-0.1, -0.05) is 78.5 Å². The first-order valence-electron chi connectivity index (χ1n) is 8.53. The van der Waals surface area contributed by atoms with Crippen molar-refractivity contribution < 1.29 is 9.05 Å². The number of unbranched alkanes of at least 4 members (excludes halogenated alkanes) is 4. The van der Waals surface area contributed by atoms with Gasteiger partial charge in [0, 0.05) is 0 Å². The van der Waals surface area contributed by atoms with Gasteiger partial charge < -0.3 is 9.05 Å². The van der Waals surface area contributed by atoms with E-state index in [1.54, 1.807) is 0 Å². The molecule has 2 atom stereocenters. The third-order valence-electron chi connectivity index (χ3n) is 3.65. The first-order chi connectivity index (χ1) is 9.91. The Morgan fingerprint density at radius 3 is 1.57 bits per heavy atom. The Hall–Kier alpha value is 0.920. The third kappa shape index (κ3) is 14.3. The van der Waals surface area contributed by atoms with E-state index in [2.05, 4.69) is 39.9 Å². The molecule has 0 aliphatic carbocycles. The second-order valence-corrected chi connectivity index (χ2v) is 11.5. The van der Waals surface area contributed by atoms with E-state index in [9.17, 15) is 0 Å². The van der Waals surface area contributed by atoms with Crippen LogP contribution in [0.1, 0.15) is 79.1 Å². The van der Waals surface area contributed by atoms with Crippen molar-refractivity contribution in [2.45, 2.75) is 79.1 Å². The van der Waals surface area contributed by atoms with Gasteiger partial charge in [-0.25, -0.2) is 0 Å². The molecule has 0 aliphatic rings. The van der Waals surface area contributed by atoms with Crippen LogP contribution in [0.2, 0.25) is 0 Å². The Kier molecular flexibility index (Phi) is 14.0. The summed E-state index contributed by atoms with van der Waals surface area (Å²) in [4.78, 5) is 0. The van der Waals surface area contributed by atoms with E-state index in [4.69, 9.17) is 20.9 Å². The van der Waals surface area contributed by atoms with Crippen molar-refractivity contribution >= 4 is 29.7 Å². The van der Waals surface area contributed by atoms with Gasteiger partial charge in [-0.3, -0.25) is 0 Å². The van der Waals surface area contributed by atoms with E-state index in [1.165, 1.54) is 51.4 Å². The van der Waals surface area contributed by atoms with Crippen LogP contribution in [-0.2, 0) is 20.9 Å². The highest BCUT2D eigenvalue weighted by molar-refractivity contribution is 8.60.